The minimum Gasteiger partial charge on any atom is -0.462 e. The van der Waals surface area contributed by atoms with Gasteiger partial charge in [-0.2, -0.15) is 4.31 Å². The number of hydrogen-bond acceptors (Lipinski definition) is 5. The number of halogens is 1. The molecule has 1 fully saturated rings. The van der Waals surface area contributed by atoms with Gasteiger partial charge in [0, 0.05) is 20.0 Å². The lowest BCUT2D eigenvalue weighted by Crippen LogP contribution is -2.41. The van der Waals surface area contributed by atoms with Crippen LogP contribution in [0.25, 0.3) is 0 Å². The van der Waals surface area contributed by atoms with E-state index < -0.39 is 15.8 Å². The molecule has 0 aromatic heterocycles. The molecule has 29 heavy (non-hydrogen) atoms. The Bertz CT molecular complexity index is 1020. The van der Waals surface area contributed by atoms with Crippen molar-refractivity contribution in [2.24, 2.45) is 10.7 Å². The molecule has 9 heteroatoms. The summed E-state index contributed by atoms with van der Waals surface area (Å²) in [5.74, 6) is -1.16. The summed E-state index contributed by atoms with van der Waals surface area (Å²) >= 11 is 0. The third-order valence-corrected chi connectivity index (χ3v) is 6.49. The van der Waals surface area contributed by atoms with Gasteiger partial charge >= 0.3 is 5.97 Å². The first-order chi connectivity index (χ1) is 13.8. The van der Waals surface area contributed by atoms with E-state index in [9.17, 15) is 17.6 Å². The second-order valence-corrected chi connectivity index (χ2v) is 8.63. The van der Waals surface area contributed by atoms with Crippen molar-refractivity contribution in [1.29, 1.82) is 0 Å². The summed E-state index contributed by atoms with van der Waals surface area (Å²) in [6.07, 6.45) is 0.519. The Hall–Kier alpha value is -2.78. The molecular weight excluding hydrogens is 397 g/mol. The molecule has 0 atom stereocenters. The van der Waals surface area contributed by atoms with Crippen molar-refractivity contribution >= 4 is 27.5 Å². The number of nitrogens with two attached hydrogens (primary N) is 1. The summed E-state index contributed by atoms with van der Waals surface area (Å²) in [5.41, 5.74) is 6.39. The lowest BCUT2D eigenvalue weighted by molar-refractivity contribution is -0.147. The zero-order valence-corrected chi connectivity index (χ0v) is 16.7. The van der Waals surface area contributed by atoms with Crippen LogP contribution in [0.1, 0.15) is 25.3 Å². The maximum atomic E-state index is 14.3. The van der Waals surface area contributed by atoms with Crippen LogP contribution in [0, 0.1) is 5.82 Å². The van der Waals surface area contributed by atoms with E-state index in [0.29, 0.717) is 18.5 Å². The number of esters is 1. The minimum absolute atomic E-state index is 0.0638. The van der Waals surface area contributed by atoms with E-state index in [2.05, 4.69) is 4.99 Å². The highest BCUT2D eigenvalue weighted by molar-refractivity contribution is 7.89. The Kier molecular flexibility index (Phi) is 6.29. The van der Waals surface area contributed by atoms with E-state index in [1.54, 1.807) is 24.3 Å². The molecule has 0 saturated carbocycles. The van der Waals surface area contributed by atoms with E-state index in [0.717, 1.165) is 6.07 Å². The van der Waals surface area contributed by atoms with E-state index in [4.69, 9.17) is 10.5 Å². The van der Waals surface area contributed by atoms with Gasteiger partial charge in [0.25, 0.3) is 0 Å². The molecular formula is C20H22FN3O4S. The predicted molar refractivity (Wildman–Crippen MR) is 107 cm³/mol. The van der Waals surface area contributed by atoms with Gasteiger partial charge in [0.2, 0.25) is 10.0 Å². The third kappa shape index (κ3) is 4.99. The van der Waals surface area contributed by atoms with Crippen molar-refractivity contribution in [2.75, 3.05) is 13.1 Å². The Morgan fingerprint density at radius 1 is 1.17 bits per heavy atom. The first-order valence-corrected chi connectivity index (χ1v) is 10.6. The lowest BCUT2D eigenvalue weighted by Gasteiger charge is -2.30. The third-order valence-electron chi connectivity index (χ3n) is 4.59. The molecule has 1 heterocycles. The van der Waals surface area contributed by atoms with Gasteiger partial charge in [0.15, 0.2) is 0 Å². The van der Waals surface area contributed by atoms with Crippen LogP contribution in [0.4, 0.5) is 10.1 Å². The highest BCUT2D eigenvalue weighted by Crippen LogP contribution is 2.24. The molecule has 0 unspecified atom stereocenters. The standard InChI is InChI=1S/C20H22FN3O4S/c1-14(25)28-16-9-11-24(12-10-16)29(26,27)17-7-8-19(21)18(13-17)20(22)23-15-5-3-2-4-6-15/h2-8,13,16H,9-12H2,1H3,(H2,22,23). The average molecular weight is 419 g/mol. The van der Waals surface area contributed by atoms with E-state index in [-0.39, 0.29) is 41.5 Å². The van der Waals surface area contributed by atoms with Crippen molar-refractivity contribution < 1.29 is 22.3 Å². The first-order valence-electron chi connectivity index (χ1n) is 9.14. The fourth-order valence-electron chi connectivity index (χ4n) is 3.14. The molecule has 2 N–H and O–H groups in total. The normalized spacial score (nSPS) is 16.6. The average Bonchev–Trinajstić information content (AvgIpc) is 2.69. The van der Waals surface area contributed by atoms with Crippen molar-refractivity contribution in [1.82, 2.24) is 4.31 Å². The van der Waals surface area contributed by atoms with Gasteiger partial charge < -0.3 is 10.5 Å². The fourth-order valence-corrected chi connectivity index (χ4v) is 4.63. The Morgan fingerprint density at radius 2 is 1.83 bits per heavy atom. The van der Waals surface area contributed by atoms with Gasteiger partial charge in [0.05, 0.1) is 16.1 Å². The smallest absolute Gasteiger partial charge is 0.302 e. The van der Waals surface area contributed by atoms with E-state index >= 15 is 0 Å². The summed E-state index contributed by atoms with van der Waals surface area (Å²) in [7, 11) is -3.84. The summed E-state index contributed by atoms with van der Waals surface area (Å²) in [5, 5.41) is 0. The predicted octanol–water partition coefficient (Wildman–Crippen LogP) is 2.58. The number of nitrogens with zero attached hydrogens (tertiary/aromatic N) is 2. The van der Waals surface area contributed by atoms with Gasteiger partial charge in [-0.05, 0) is 43.2 Å². The molecule has 0 amide bonds. The summed E-state index contributed by atoms with van der Waals surface area (Å²) in [6.45, 7) is 1.74. The SMILES string of the molecule is CC(=O)OC1CCN(S(=O)(=O)c2ccc(F)c(/C(N)=N/c3ccccc3)c2)CC1. The molecule has 3 rings (SSSR count). The van der Waals surface area contributed by atoms with Gasteiger partial charge in [-0.15, -0.1) is 0 Å². The zero-order valence-electron chi connectivity index (χ0n) is 15.9. The van der Waals surface area contributed by atoms with Gasteiger partial charge in [0.1, 0.15) is 17.8 Å². The van der Waals surface area contributed by atoms with Crippen LogP contribution in [0.2, 0.25) is 0 Å². The topological polar surface area (TPSA) is 102 Å². The molecule has 0 bridgehead atoms. The van der Waals surface area contributed by atoms with Crippen molar-refractivity contribution in [3.63, 3.8) is 0 Å². The number of rotatable bonds is 5. The molecule has 154 valence electrons. The molecule has 2 aromatic rings. The maximum Gasteiger partial charge on any atom is 0.302 e. The van der Waals surface area contributed by atoms with Crippen molar-refractivity contribution in [3.05, 3.63) is 59.9 Å². The quantitative estimate of drug-likeness (QED) is 0.456. The van der Waals surface area contributed by atoms with Gasteiger partial charge in [-0.25, -0.2) is 17.8 Å². The minimum atomic E-state index is -3.84. The Morgan fingerprint density at radius 3 is 2.45 bits per heavy atom. The highest BCUT2D eigenvalue weighted by Gasteiger charge is 2.31. The second-order valence-electron chi connectivity index (χ2n) is 6.69. The van der Waals surface area contributed by atoms with Gasteiger partial charge in [-0.1, -0.05) is 18.2 Å². The number of para-hydroxylation sites is 1. The maximum absolute atomic E-state index is 14.3. The second kappa shape index (κ2) is 8.71. The monoisotopic (exact) mass is 419 g/mol. The van der Waals surface area contributed by atoms with Crippen LogP contribution in [0.15, 0.2) is 58.4 Å². The Balaban J connectivity index is 1.83. The van der Waals surface area contributed by atoms with Crippen LogP contribution in [-0.4, -0.2) is 43.7 Å². The number of piperidine rings is 1. The van der Waals surface area contributed by atoms with Crippen molar-refractivity contribution in [2.45, 2.75) is 30.8 Å². The fraction of sp³-hybridized carbons (Fsp3) is 0.300. The van der Waals surface area contributed by atoms with Crippen molar-refractivity contribution in [3.8, 4) is 0 Å². The number of ether oxygens (including phenoxy) is 1. The molecule has 1 aliphatic heterocycles. The largest absolute Gasteiger partial charge is 0.462 e. The lowest BCUT2D eigenvalue weighted by atomic mass is 10.1. The first kappa shape index (κ1) is 20.9. The Labute approximate surface area is 169 Å². The molecule has 1 aliphatic rings. The van der Waals surface area contributed by atoms with Crippen LogP contribution >= 0.6 is 0 Å². The number of carbonyl (C=O) groups excluding carboxylic acids is 1. The summed E-state index contributed by atoms with van der Waals surface area (Å²) < 4.78 is 46.7. The van der Waals surface area contributed by atoms with Crippen LogP contribution in [0.3, 0.4) is 0 Å². The number of aliphatic imine (C=N–C) groups is 1. The van der Waals surface area contributed by atoms with E-state index in [1.165, 1.54) is 23.4 Å². The molecule has 1 saturated heterocycles. The molecule has 0 aliphatic carbocycles. The number of sulfonamides is 1. The summed E-state index contributed by atoms with van der Waals surface area (Å²) in [4.78, 5) is 15.2. The van der Waals surface area contributed by atoms with E-state index in [1.807, 2.05) is 6.07 Å². The van der Waals surface area contributed by atoms with Crippen LogP contribution in [-0.2, 0) is 19.6 Å². The zero-order chi connectivity index (χ0) is 21.0. The molecule has 0 radical (unpaired) electrons. The molecule has 0 spiro atoms. The molecule has 7 nitrogen and oxygen atoms in total. The number of amidine groups is 1. The van der Waals surface area contributed by atoms with Gasteiger partial charge in [-0.3, -0.25) is 4.79 Å². The molecule has 2 aromatic carbocycles. The van der Waals surface area contributed by atoms with Crippen LogP contribution < -0.4 is 5.73 Å². The number of carbonyl (C=O) groups is 1. The van der Waals surface area contributed by atoms with Crippen LogP contribution in [0.5, 0.6) is 0 Å². The number of hydrogen-bond donors (Lipinski definition) is 1. The number of benzene rings is 2. The highest BCUT2D eigenvalue weighted by atomic mass is 32.2. The summed E-state index contributed by atoms with van der Waals surface area (Å²) in [6, 6.07) is 12.2.